The van der Waals surface area contributed by atoms with E-state index in [1.54, 1.807) is 0 Å². The largest absolute Gasteiger partial charge is 0.481 e. The molecule has 2 N–H and O–H groups in total. The first-order valence-corrected chi connectivity index (χ1v) is 5.44. The summed E-state index contributed by atoms with van der Waals surface area (Å²) in [5, 5.41) is 8.06. The topological polar surface area (TPSA) is 101 Å². The Bertz CT molecular complexity index is 144. The van der Waals surface area contributed by atoms with Crippen molar-refractivity contribution in [3.63, 3.8) is 0 Å². The highest BCUT2D eigenvalue weighted by Gasteiger charge is 1.96. The van der Waals surface area contributed by atoms with Crippen molar-refractivity contribution in [1.82, 2.24) is 0 Å². The van der Waals surface area contributed by atoms with Crippen LogP contribution in [0, 0.1) is 0 Å². The molecule has 0 radical (unpaired) electrons. The summed E-state index contributed by atoms with van der Waals surface area (Å²) in [5.74, 6) is -0.932. The molecular formula is C4H10O6P2. The van der Waals surface area contributed by atoms with E-state index in [1.807, 2.05) is 0 Å². The summed E-state index contributed by atoms with van der Waals surface area (Å²) in [6.07, 6.45) is -0.0791. The van der Waals surface area contributed by atoms with Gasteiger partial charge in [-0.05, 0) is 0 Å². The minimum absolute atomic E-state index is 0.0453. The Morgan fingerprint density at radius 2 is 2.08 bits per heavy atom. The summed E-state index contributed by atoms with van der Waals surface area (Å²) >= 11 is 0. The zero-order valence-electron chi connectivity index (χ0n) is 6.39. The van der Waals surface area contributed by atoms with E-state index in [0.717, 1.165) is 0 Å². The van der Waals surface area contributed by atoms with Gasteiger partial charge in [0.1, 0.15) is 0 Å². The second-order valence-electron chi connectivity index (χ2n) is 1.57. The molecule has 0 rings (SSSR count). The number of hydrogen-bond acceptors (Lipinski definition) is 4. The summed E-state index contributed by atoms with van der Waals surface area (Å²) in [6.45, 7) is 1.47. The maximum Gasteiger partial charge on any atom is 0.324 e. The number of carbonyl (C=O) groups is 1. The lowest BCUT2D eigenvalue weighted by Crippen LogP contribution is -1.98. The van der Waals surface area contributed by atoms with E-state index in [2.05, 4.69) is 4.52 Å². The minimum Gasteiger partial charge on any atom is -0.481 e. The van der Waals surface area contributed by atoms with Crippen molar-refractivity contribution in [2.75, 3.05) is 13.3 Å². The van der Waals surface area contributed by atoms with Gasteiger partial charge in [-0.1, -0.05) is 0 Å². The molecule has 0 aromatic carbocycles. The van der Waals surface area contributed by atoms with E-state index < -0.39 is 22.7 Å². The van der Waals surface area contributed by atoms with Gasteiger partial charge in [-0.2, -0.15) is 0 Å². The normalized spacial score (nSPS) is 11.5. The number of hydrogen-bond donors (Lipinski definition) is 2. The Labute approximate surface area is 71.7 Å². The summed E-state index contributed by atoms with van der Waals surface area (Å²) in [5.41, 5.74) is 0. The fourth-order valence-electron chi connectivity index (χ4n) is 0.282. The molecule has 0 heterocycles. The summed E-state index contributed by atoms with van der Waals surface area (Å²) in [7, 11) is -2.78. The first-order chi connectivity index (χ1) is 5.54. The lowest BCUT2D eigenvalue weighted by atomic mass is 10.5. The average Bonchev–Trinajstić information content (AvgIpc) is 1.87. The standard InChI is InChI=1S/C4H9O4P.HO2P/c1-9(7)8-3-2-4(5)6;1-3-2/h9H,2-3H2,1H3,(H,5,6);(H,1,2). The van der Waals surface area contributed by atoms with Crippen molar-refractivity contribution in [1.29, 1.82) is 0 Å². The van der Waals surface area contributed by atoms with Gasteiger partial charge in [-0.25, -0.2) is 4.57 Å². The third kappa shape index (κ3) is 22.6. The Morgan fingerprint density at radius 3 is 2.33 bits per heavy atom. The van der Waals surface area contributed by atoms with Crippen molar-refractivity contribution < 1.29 is 28.4 Å². The summed E-state index contributed by atoms with van der Waals surface area (Å²) in [6, 6.07) is 0. The second kappa shape index (κ2) is 10.7. The summed E-state index contributed by atoms with van der Waals surface area (Å²) < 4.78 is 23.2. The second-order valence-corrected chi connectivity index (χ2v) is 3.00. The van der Waals surface area contributed by atoms with Gasteiger partial charge in [-0.3, -0.25) is 9.36 Å². The smallest absolute Gasteiger partial charge is 0.324 e. The molecule has 0 bridgehead atoms. The Hall–Kier alpha value is -0.280. The van der Waals surface area contributed by atoms with Crippen molar-refractivity contribution in [3.8, 4) is 0 Å². The van der Waals surface area contributed by atoms with Crippen LogP contribution in [-0.4, -0.2) is 29.2 Å². The van der Waals surface area contributed by atoms with Gasteiger partial charge in [0.25, 0.3) is 0 Å². The maximum atomic E-state index is 10.2. The van der Waals surface area contributed by atoms with Crippen LogP contribution < -0.4 is 0 Å². The van der Waals surface area contributed by atoms with Gasteiger partial charge >= 0.3 is 14.7 Å². The number of carboxylic acids is 1. The van der Waals surface area contributed by atoms with Gasteiger partial charge in [0.05, 0.1) is 13.0 Å². The van der Waals surface area contributed by atoms with Crippen LogP contribution in [0.2, 0.25) is 0 Å². The number of carboxylic acid groups (broad SMARTS) is 1. The molecule has 0 aliphatic rings. The van der Waals surface area contributed by atoms with Gasteiger partial charge in [0.2, 0.25) is 0 Å². The quantitative estimate of drug-likeness (QED) is 0.673. The molecule has 0 aromatic heterocycles. The Morgan fingerprint density at radius 1 is 1.67 bits per heavy atom. The molecule has 12 heavy (non-hydrogen) atoms. The molecule has 0 saturated heterocycles. The molecular weight excluding hydrogens is 206 g/mol. The minimum atomic E-state index is -1.94. The van der Waals surface area contributed by atoms with Crippen LogP contribution in [0.15, 0.2) is 0 Å². The van der Waals surface area contributed by atoms with Crippen LogP contribution in [0.5, 0.6) is 0 Å². The molecule has 1 unspecified atom stereocenters. The van der Waals surface area contributed by atoms with Crippen LogP contribution in [0.25, 0.3) is 0 Å². The molecule has 0 aliphatic heterocycles. The van der Waals surface area contributed by atoms with Crippen LogP contribution in [0.4, 0.5) is 0 Å². The van der Waals surface area contributed by atoms with Crippen molar-refractivity contribution >= 4 is 22.7 Å². The summed E-state index contributed by atoms with van der Waals surface area (Å²) in [4.78, 5) is 16.8. The van der Waals surface area contributed by atoms with Crippen molar-refractivity contribution in [2.45, 2.75) is 6.42 Å². The lowest BCUT2D eigenvalue weighted by molar-refractivity contribution is -0.137. The predicted octanol–water partition coefficient (Wildman–Crippen LogP) is 0.768. The highest BCUT2D eigenvalue weighted by atomic mass is 31.1. The van der Waals surface area contributed by atoms with Crippen LogP contribution in [-0.2, 0) is 18.4 Å². The lowest BCUT2D eigenvalue weighted by Gasteiger charge is -1.94. The molecule has 0 amide bonds. The SMILES string of the molecule is C[PH](=O)OCCC(=O)O.O=PO. The molecule has 72 valence electrons. The fourth-order valence-corrected chi connectivity index (χ4v) is 0.672. The average molecular weight is 216 g/mol. The molecule has 1 atom stereocenters. The molecule has 0 spiro atoms. The molecule has 0 aromatic rings. The van der Waals surface area contributed by atoms with Gasteiger partial charge in [0.15, 0.2) is 8.03 Å². The third-order valence-corrected chi connectivity index (χ3v) is 1.23. The van der Waals surface area contributed by atoms with E-state index in [9.17, 15) is 9.36 Å². The molecule has 6 nitrogen and oxygen atoms in total. The van der Waals surface area contributed by atoms with E-state index in [0.29, 0.717) is 0 Å². The van der Waals surface area contributed by atoms with E-state index in [1.165, 1.54) is 6.66 Å². The molecule has 8 heteroatoms. The predicted molar refractivity (Wildman–Crippen MR) is 43.0 cm³/mol. The molecule has 0 aliphatic carbocycles. The first kappa shape index (κ1) is 14.3. The zero-order valence-corrected chi connectivity index (χ0v) is 8.28. The van der Waals surface area contributed by atoms with E-state index in [4.69, 9.17) is 14.6 Å². The van der Waals surface area contributed by atoms with Crippen LogP contribution in [0.3, 0.4) is 0 Å². The van der Waals surface area contributed by atoms with Crippen molar-refractivity contribution in [2.24, 2.45) is 0 Å². The Kier molecular flexibility index (Phi) is 12.7. The third-order valence-electron chi connectivity index (χ3n) is 0.621. The monoisotopic (exact) mass is 216 g/mol. The van der Waals surface area contributed by atoms with Crippen LogP contribution in [0.1, 0.15) is 6.42 Å². The van der Waals surface area contributed by atoms with Gasteiger partial charge in [0, 0.05) is 6.66 Å². The van der Waals surface area contributed by atoms with Gasteiger partial charge < -0.3 is 14.5 Å². The molecule has 0 fully saturated rings. The van der Waals surface area contributed by atoms with E-state index >= 15 is 0 Å². The van der Waals surface area contributed by atoms with Crippen LogP contribution >= 0.6 is 16.7 Å². The molecule has 0 saturated carbocycles. The van der Waals surface area contributed by atoms with Crippen molar-refractivity contribution in [3.05, 3.63) is 0 Å². The highest BCUT2D eigenvalue weighted by Crippen LogP contribution is 2.14. The highest BCUT2D eigenvalue weighted by molar-refractivity contribution is 7.38. The Balaban J connectivity index is 0. The number of aliphatic carboxylic acids is 1. The zero-order chi connectivity index (χ0) is 9.98. The number of rotatable bonds is 4. The fraction of sp³-hybridized carbons (Fsp3) is 0.750. The van der Waals surface area contributed by atoms with Gasteiger partial charge in [-0.15, -0.1) is 0 Å². The maximum absolute atomic E-state index is 10.2. The van der Waals surface area contributed by atoms with E-state index in [-0.39, 0.29) is 13.0 Å². The first-order valence-electron chi connectivity index (χ1n) is 2.86.